The first kappa shape index (κ1) is 29.7. The van der Waals surface area contributed by atoms with Crippen LogP contribution >= 0.6 is 11.6 Å². The summed E-state index contributed by atoms with van der Waals surface area (Å²) in [4.78, 5) is 63.1. The van der Waals surface area contributed by atoms with Crippen LogP contribution < -0.4 is 10.6 Å². The highest BCUT2D eigenvalue weighted by Crippen LogP contribution is 2.32. The Morgan fingerprint density at radius 1 is 0.921 bits per heavy atom. The molecular weight excluding hydrogens is 514 g/mol. The van der Waals surface area contributed by atoms with Crippen LogP contribution in [0.25, 0.3) is 0 Å². The molecule has 2 aliphatic heterocycles. The molecule has 1 aromatic rings. The van der Waals surface area contributed by atoms with E-state index in [4.69, 9.17) is 21.1 Å². The van der Waals surface area contributed by atoms with Gasteiger partial charge in [-0.15, -0.1) is 11.6 Å². The van der Waals surface area contributed by atoms with Gasteiger partial charge in [0.05, 0.1) is 30.0 Å². The number of imide groups is 2. The van der Waals surface area contributed by atoms with Gasteiger partial charge in [0, 0.05) is 31.9 Å². The van der Waals surface area contributed by atoms with Gasteiger partial charge in [0.1, 0.15) is 6.04 Å². The molecule has 1 fully saturated rings. The quantitative estimate of drug-likeness (QED) is 0.173. The number of ether oxygens (including phenoxy) is 2. The summed E-state index contributed by atoms with van der Waals surface area (Å²) in [5, 5.41) is 4.90. The molecule has 2 aliphatic rings. The molecule has 0 spiro atoms. The second-order valence-electron chi connectivity index (χ2n) is 9.36. The standard InChI is InChI=1S/C27H36ClN3O7/c28-14-5-1-2-6-15-37-17-18-38-16-7-3-4-11-22(32)29-20-10-8-9-19-24(20)27(36)31(26(19)35)21-12-13-23(33)30-25(21)34/h8-10,21H,1-7,11-18H2,(H,29,32)(H,30,33,34). The number of hydrogen-bond acceptors (Lipinski definition) is 7. The molecule has 0 aliphatic carbocycles. The zero-order chi connectivity index (χ0) is 27.3. The average molecular weight is 550 g/mol. The van der Waals surface area contributed by atoms with Crippen molar-refractivity contribution in [3.63, 3.8) is 0 Å². The van der Waals surface area contributed by atoms with Gasteiger partial charge in [-0.25, -0.2) is 0 Å². The lowest BCUT2D eigenvalue weighted by Crippen LogP contribution is -2.54. The van der Waals surface area contributed by atoms with E-state index < -0.39 is 29.7 Å². The van der Waals surface area contributed by atoms with E-state index in [1.807, 2.05) is 0 Å². The minimum atomic E-state index is -1.05. The third kappa shape index (κ3) is 8.34. The molecule has 208 valence electrons. The first-order valence-electron chi connectivity index (χ1n) is 13.3. The maximum atomic E-state index is 13.1. The Bertz CT molecular complexity index is 1020. The maximum absolute atomic E-state index is 13.1. The van der Waals surface area contributed by atoms with Gasteiger partial charge < -0.3 is 14.8 Å². The zero-order valence-electron chi connectivity index (χ0n) is 21.6. The number of hydrogen-bond donors (Lipinski definition) is 2. The van der Waals surface area contributed by atoms with Crippen LogP contribution in [0, 0.1) is 0 Å². The molecule has 1 unspecified atom stereocenters. The second-order valence-corrected chi connectivity index (χ2v) is 9.74. The smallest absolute Gasteiger partial charge is 0.264 e. The predicted octanol–water partition coefficient (Wildman–Crippen LogP) is 3.42. The van der Waals surface area contributed by atoms with Gasteiger partial charge in [-0.2, -0.15) is 0 Å². The van der Waals surface area contributed by atoms with Crippen LogP contribution in [0.3, 0.4) is 0 Å². The number of alkyl halides is 1. The Morgan fingerprint density at radius 3 is 2.29 bits per heavy atom. The van der Waals surface area contributed by atoms with Crippen LogP contribution in [0.5, 0.6) is 0 Å². The van der Waals surface area contributed by atoms with Gasteiger partial charge in [-0.1, -0.05) is 25.3 Å². The highest BCUT2D eigenvalue weighted by Gasteiger charge is 2.45. The molecule has 5 amide bonds. The van der Waals surface area contributed by atoms with E-state index in [-0.39, 0.29) is 42.0 Å². The molecule has 1 aromatic carbocycles. The zero-order valence-corrected chi connectivity index (χ0v) is 22.4. The van der Waals surface area contributed by atoms with Crippen LogP contribution in [-0.4, -0.2) is 72.8 Å². The van der Waals surface area contributed by atoms with Crippen molar-refractivity contribution in [3.05, 3.63) is 29.3 Å². The summed E-state index contributed by atoms with van der Waals surface area (Å²) in [7, 11) is 0. The van der Waals surface area contributed by atoms with Crippen LogP contribution in [0.4, 0.5) is 5.69 Å². The van der Waals surface area contributed by atoms with E-state index >= 15 is 0 Å². The van der Waals surface area contributed by atoms with Crippen LogP contribution in [0.15, 0.2) is 18.2 Å². The van der Waals surface area contributed by atoms with Crippen molar-refractivity contribution in [1.29, 1.82) is 0 Å². The third-order valence-corrected chi connectivity index (χ3v) is 6.75. The van der Waals surface area contributed by atoms with E-state index in [1.165, 1.54) is 6.07 Å². The van der Waals surface area contributed by atoms with Gasteiger partial charge in [-0.3, -0.25) is 34.2 Å². The number of unbranched alkanes of at least 4 members (excludes halogenated alkanes) is 5. The lowest BCUT2D eigenvalue weighted by atomic mass is 10.0. The Labute approximate surface area is 227 Å². The normalized spacial score (nSPS) is 17.1. The fraction of sp³-hybridized carbons (Fsp3) is 0.593. The van der Waals surface area contributed by atoms with Gasteiger partial charge in [0.25, 0.3) is 11.8 Å². The van der Waals surface area contributed by atoms with E-state index in [0.717, 1.165) is 50.0 Å². The van der Waals surface area contributed by atoms with Crippen molar-refractivity contribution in [2.24, 2.45) is 0 Å². The number of amides is 5. The number of nitrogens with zero attached hydrogens (tertiary/aromatic N) is 1. The van der Waals surface area contributed by atoms with Crippen molar-refractivity contribution in [2.75, 3.05) is 37.6 Å². The number of nitrogens with one attached hydrogen (secondary N) is 2. The fourth-order valence-corrected chi connectivity index (χ4v) is 4.66. The van der Waals surface area contributed by atoms with Crippen molar-refractivity contribution < 1.29 is 33.4 Å². The number of piperidine rings is 1. The number of rotatable bonds is 17. The van der Waals surface area contributed by atoms with E-state index in [2.05, 4.69) is 10.6 Å². The summed E-state index contributed by atoms with van der Waals surface area (Å²) in [6.07, 6.45) is 7.00. The Morgan fingerprint density at radius 2 is 1.61 bits per heavy atom. The van der Waals surface area contributed by atoms with Gasteiger partial charge >= 0.3 is 0 Å². The summed E-state index contributed by atoms with van der Waals surface area (Å²) in [6, 6.07) is 3.58. The number of anilines is 1. The largest absolute Gasteiger partial charge is 0.379 e. The van der Waals surface area contributed by atoms with Crippen molar-refractivity contribution >= 4 is 46.8 Å². The Hall–Kier alpha value is -2.82. The van der Waals surface area contributed by atoms with E-state index in [0.29, 0.717) is 32.1 Å². The topological polar surface area (TPSA) is 131 Å². The fourth-order valence-electron chi connectivity index (χ4n) is 4.47. The molecular formula is C27H36ClN3O7. The first-order valence-corrected chi connectivity index (χ1v) is 13.8. The summed E-state index contributed by atoms with van der Waals surface area (Å²) in [5.74, 6) is -1.92. The summed E-state index contributed by atoms with van der Waals surface area (Å²) < 4.78 is 11.1. The highest BCUT2D eigenvalue weighted by molar-refractivity contribution is 6.26. The molecule has 1 saturated heterocycles. The number of halogens is 1. The number of carbonyl (C=O) groups is 5. The van der Waals surface area contributed by atoms with Gasteiger partial charge in [0.15, 0.2) is 0 Å². The van der Waals surface area contributed by atoms with Crippen molar-refractivity contribution in [1.82, 2.24) is 10.2 Å². The van der Waals surface area contributed by atoms with E-state index in [9.17, 15) is 24.0 Å². The molecule has 0 radical (unpaired) electrons. The van der Waals surface area contributed by atoms with Crippen molar-refractivity contribution in [3.8, 4) is 0 Å². The molecule has 2 heterocycles. The Kier molecular flexibility index (Phi) is 12.2. The summed E-state index contributed by atoms with van der Waals surface area (Å²) in [5.41, 5.74) is 0.439. The molecule has 1 atom stereocenters. The highest BCUT2D eigenvalue weighted by atomic mass is 35.5. The predicted molar refractivity (Wildman–Crippen MR) is 141 cm³/mol. The SMILES string of the molecule is O=C1CCC(N2C(=O)c3cccc(NC(=O)CCCCCOCCOCCCCCCCl)c3C2=O)C(=O)N1. The molecule has 38 heavy (non-hydrogen) atoms. The molecule has 10 nitrogen and oxygen atoms in total. The molecule has 0 saturated carbocycles. The molecule has 3 rings (SSSR count). The minimum absolute atomic E-state index is 0.0437. The number of benzene rings is 1. The molecule has 2 N–H and O–H groups in total. The monoisotopic (exact) mass is 549 g/mol. The van der Waals surface area contributed by atoms with Crippen LogP contribution in [0.1, 0.15) is 84.9 Å². The second kappa shape index (κ2) is 15.6. The Balaban J connectivity index is 1.34. The molecule has 0 bridgehead atoms. The minimum Gasteiger partial charge on any atom is -0.379 e. The third-order valence-electron chi connectivity index (χ3n) is 6.48. The maximum Gasteiger partial charge on any atom is 0.264 e. The van der Waals surface area contributed by atoms with E-state index in [1.54, 1.807) is 12.1 Å². The number of carbonyl (C=O) groups excluding carboxylic acids is 5. The molecule has 0 aromatic heterocycles. The van der Waals surface area contributed by atoms with Gasteiger partial charge in [0.2, 0.25) is 17.7 Å². The van der Waals surface area contributed by atoms with Crippen LogP contribution in [-0.2, 0) is 23.9 Å². The summed E-state index contributed by atoms with van der Waals surface area (Å²) >= 11 is 5.65. The average Bonchev–Trinajstić information content (AvgIpc) is 3.15. The van der Waals surface area contributed by atoms with Crippen LogP contribution in [0.2, 0.25) is 0 Å². The lowest BCUT2D eigenvalue weighted by Gasteiger charge is -2.27. The first-order chi connectivity index (χ1) is 18.4. The van der Waals surface area contributed by atoms with Crippen molar-refractivity contribution in [2.45, 2.75) is 70.3 Å². The lowest BCUT2D eigenvalue weighted by molar-refractivity contribution is -0.136. The summed E-state index contributed by atoms with van der Waals surface area (Å²) in [6.45, 7) is 2.45. The molecule has 11 heteroatoms. The van der Waals surface area contributed by atoms with Gasteiger partial charge in [-0.05, 0) is 44.2 Å². The number of fused-ring (bicyclic) bond motifs is 1.